The van der Waals surface area contributed by atoms with Crippen LogP contribution in [0.1, 0.15) is 54.8 Å². The first kappa shape index (κ1) is 17.3. The lowest BCUT2D eigenvalue weighted by Crippen LogP contribution is -2.32. The van der Waals surface area contributed by atoms with E-state index in [0.717, 1.165) is 43.7 Å². The number of carbonyl (C=O) groups excluding carboxylic acids is 1. The van der Waals surface area contributed by atoms with Crippen LogP contribution in [0.15, 0.2) is 30.3 Å². The Morgan fingerprint density at radius 3 is 2.69 bits per heavy atom. The number of benzene rings is 1. The first-order valence-corrected chi connectivity index (χ1v) is 9.73. The quantitative estimate of drug-likeness (QED) is 0.919. The van der Waals surface area contributed by atoms with Gasteiger partial charge in [-0.15, -0.1) is 0 Å². The zero-order chi connectivity index (χ0) is 18.1. The van der Waals surface area contributed by atoms with E-state index in [1.165, 1.54) is 11.1 Å². The lowest BCUT2D eigenvalue weighted by Gasteiger charge is -2.22. The fourth-order valence-corrected chi connectivity index (χ4v) is 4.24. The first-order chi connectivity index (χ1) is 12.6. The Morgan fingerprint density at radius 2 is 2.00 bits per heavy atom. The molecule has 1 N–H and O–H groups in total. The van der Waals surface area contributed by atoms with E-state index in [9.17, 15) is 9.90 Å². The van der Waals surface area contributed by atoms with Gasteiger partial charge in [0.25, 0.3) is 0 Å². The summed E-state index contributed by atoms with van der Waals surface area (Å²) in [7, 11) is 0. The second-order valence-electron chi connectivity index (χ2n) is 7.62. The zero-order valence-electron chi connectivity index (χ0n) is 15.4. The van der Waals surface area contributed by atoms with Crippen molar-refractivity contribution >= 4 is 5.91 Å². The SMILES string of the molecule is CC[C@@H](O)c1cc2n(n1)CCCN(C(=O)CC1Cc3ccccc3C1)C2. The zero-order valence-corrected chi connectivity index (χ0v) is 15.4. The Bertz CT molecular complexity index is 773. The number of rotatable bonds is 4. The number of aliphatic hydroxyl groups is 1. The van der Waals surface area contributed by atoms with Gasteiger partial charge in [-0.05, 0) is 48.8 Å². The number of fused-ring (bicyclic) bond motifs is 2. The van der Waals surface area contributed by atoms with E-state index in [1.54, 1.807) is 0 Å². The second kappa shape index (κ2) is 7.23. The highest BCUT2D eigenvalue weighted by Crippen LogP contribution is 2.29. The van der Waals surface area contributed by atoms with Crippen molar-refractivity contribution in [3.8, 4) is 0 Å². The molecule has 2 aliphatic rings. The van der Waals surface area contributed by atoms with Crippen LogP contribution in [0.3, 0.4) is 0 Å². The molecule has 4 rings (SSSR count). The highest BCUT2D eigenvalue weighted by Gasteiger charge is 2.27. The van der Waals surface area contributed by atoms with E-state index in [1.807, 2.05) is 22.6 Å². The Balaban J connectivity index is 1.42. The number of aryl methyl sites for hydroxylation is 1. The molecule has 1 atom stereocenters. The van der Waals surface area contributed by atoms with Crippen LogP contribution in [0.25, 0.3) is 0 Å². The standard InChI is InChI=1S/C21H27N3O2/c1-2-20(25)19-13-18-14-23(8-5-9-24(18)22-19)21(26)12-15-10-16-6-3-4-7-17(16)11-15/h3-4,6-7,13,15,20,25H,2,5,8-12,14H2,1H3/t20-/m1/s1. The molecule has 5 nitrogen and oxygen atoms in total. The van der Waals surface area contributed by atoms with Crippen molar-refractivity contribution in [2.75, 3.05) is 6.54 Å². The molecule has 0 unspecified atom stereocenters. The highest BCUT2D eigenvalue weighted by atomic mass is 16.3. The topological polar surface area (TPSA) is 58.4 Å². The molecule has 0 fully saturated rings. The van der Waals surface area contributed by atoms with E-state index in [-0.39, 0.29) is 5.91 Å². The minimum atomic E-state index is -0.518. The van der Waals surface area contributed by atoms with Gasteiger partial charge in [-0.3, -0.25) is 9.48 Å². The van der Waals surface area contributed by atoms with Gasteiger partial charge in [0.2, 0.25) is 5.91 Å². The summed E-state index contributed by atoms with van der Waals surface area (Å²) in [5.41, 5.74) is 4.56. The van der Waals surface area contributed by atoms with E-state index < -0.39 is 6.10 Å². The molecule has 0 spiro atoms. The van der Waals surface area contributed by atoms with Crippen LogP contribution < -0.4 is 0 Å². The van der Waals surface area contributed by atoms with Crippen LogP contribution in [0.2, 0.25) is 0 Å². The largest absolute Gasteiger partial charge is 0.387 e. The van der Waals surface area contributed by atoms with Crippen molar-refractivity contribution in [2.45, 2.75) is 58.2 Å². The lowest BCUT2D eigenvalue weighted by atomic mass is 10.0. The number of aromatic nitrogens is 2. The minimum absolute atomic E-state index is 0.245. The Hall–Kier alpha value is -2.14. The Labute approximate surface area is 154 Å². The maximum absolute atomic E-state index is 12.9. The van der Waals surface area contributed by atoms with Gasteiger partial charge in [-0.1, -0.05) is 31.2 Å². The van der Waals surface area contributed by atoms with E-state index in [0.29, 0.717) is 25.3 Å². The fourth-order valence-electron chi connectivity index (χ4n) is 4.24. The summed E-state index contributed by atoms with van der Waals surface area (Å²) in [6.45, 7) is 4.14. The molecule has 0 bridgehead atoms. The molecule has 1 amide bonds. The Morgan fingerprint density at radius 1 is 1.27 bits per heavy atom. The smallest absolute Gasteiger partial charge is 0.223 e. The van der Waals surface area contributed by atoms with Crippen molar-refractivity contribution in [2.24, 2.45) is 5.92 Å². The summed E-state index contributed by atoms with van der Waals surface area (Å²) in [6, 6.07) is 10.5. The van der Waals surface area contributed by atoms with Crippen molar-refractivity contribution in [1.82, 2.24) is 14.7 Å². The summed E-state index contributed by atoms with van der Waals surface area (Å²) in [4.78, 5) is 14.9. The van der Waals surface area contributed by atoms with Gasteiger partial charge < -0.3 is 10.0 Å². The van der Waals surface area contributed by atoms with E-state index >= 15 is 0 Å². The lowest BCUT2D eigenvalue weighted by molar-refractivity contribution is -0.132. The molecule has 0 saturated carbocycles. The normalized spacial score (nSPS) is 18.3. The third-order valence-corrected chi connectivity index (χ3v) is 5.71. The minimum Gasteiger partial charge on any atom is -0.387 e. The van der Waals surface area contributed by atoms with Gasteiger partial charge in [-0.2, -0.15) is 5.10 Å². The molecule has 2 aromatic rings. The van der Waals surface area contributed by atoms with E-state index in [2.05, 4.69) is 29.4 Å². The van der Waals surface area contributed by atoms with Crippen LogP contribution >= 0.6 is 0 Å². The summed E-state index contributed by atoms with van der Waals surface area (Å²) < 4.78 is 1.97. The summed E-state index contributed by atoms with van der Waals surface area (Å²) >= 11 is 0. The fraction of sp³-hybridized carbons (Fsp3) is 0.524. The van der Waals surface area contributed by atoms with E-state index in [4.69, 9.17) is 0 Å². The summed E-state index contributed by atoms with van der Waals surface area (Å²) in [5, 5.41) is 14.6. The van der Waals surface area contributed by atoms with Crippen molar-refractivity contribution in [1.29, 1.82) is 0 Å². The molecule has 0 radical (unpaired) electrons. The predicted octanol–water partition coefficient (Wildman–Crippen LogP) is 2.86. The predicted molar refractivity (Wildman–Crippen MR) is 99.5 cm³/mol. The van der Waals surface area contributed by atoms with Crippen LogP contribution in [0.5, 0.6) is 0 Å². The number of carbonyl (C=O) groups is 1. The first-order valence-electron chi connectivity index (χ1n) is 9.73. The van der Waals surface area contributed by atoms with Gasteiger partial charge in [0.1, 0.15) is 0 Å². The molecule has 5 heteroatoms. The molecular formula is C21H27N3O2. The van der Waals surface area contributed by atoms with Crippen molar-refractivity contribution in [3.05, 3.63) is 52.8 Å². The molecule has 26 heavy (non-hydrogen) atoms. The molecule has 0 saturated heterocycles. The van der Waals surface area contributed by atoms with Crippen LogP contribution in [0.4, 0.5) is 0 Å². The van der Waals surface area contributed by atoms with Crippen molar-refractivity contribution in [3.63, 3.8) is 0 Å². The van der Waals surface area contributed by atoms with Gasteiger partial charge in [0.05, 0.1) is 24.0 Å². The number of nitrogens with zero attached hydrogens (tertiary/aromatic N) is 3. The van der Waals surface area contributed by atoms with Crippen LogP contribution in [-0.4, -0.2) is 32.2 Å². The molecule has 1 aromatic heterocycles. The third kappa shape index (κ3) is 3.40. The Kier molecular flexibility index (Phi) is 4.81. The average molecular weight is 353 g/mol. The molecule has 1 aromatic carbocycles. The maximum atomic E-state index is 12.9. The highest BCUT2D eigenvalue weighted by molar-refractivity contribution is 5.76. The van der Waals surface area contributed by atoms with Gasteiger partial charge in [-0.25, -0.2) is 0 Å². The summed E-state index contributed by atoms with van der Waals surface area (Å²) in [6.07, 6.45) is 3.69. The molecular weight excluding hydrogens is 326 g/mol. The third-order valence-electron chi connectivity index (χ3n) is 5.71. The monoisotopic (exact) mass is 353 g/mol. The average Bonchev–Trinajstić information content (AvgIpc) is 3.18. The van der Waals surface area contributed by atoms with Crippen molar-refractivity contribution < 1.29 is 9.90 Å². The van der Waals surface area contributed by atoms with Gasteiger partial charge in [0, 0.05) is 19.5 Å². The second-order valence-corrected chi connectivity index (χ2v) is 7.62. The maximum Gasteiger partial charge on any atom is 0.223 e. The molecule has 1 aliphatic heterocycles. The number of hydrogen-bond donors (Lipinski definition) is 1. The van der Waals surface area contributed by atoms with Gasteiger partial charge in [0.15, 0.2) is 0 Å². The number of aliphatic hydroxyl groups excluding tert-OH is 1. The van der Waals surface area contributed by atoms with Crippen LogP contribution in [0, 0.1) is 5.92 Å². The molecule has 138 valence electrons. The molecule has 1 aliphatic carbocycles. The summed E-state index contributed by atoms with van der Waals surface area (Å²) in [5.74, 6) is 0.667. The molecule has 2 heterocycles. The number of hydrogen-bond acceptors (Lipinski definition) is 3. The number of amides is 1. The van der Waals surface area contributed by atoms with Gasteiger partial charge >= 0.3 is 0 Å². The van der Waals surface area contributed by atoms with Crippen LogP contribution in [-0.2, 0) is 30.7 Å².